The van der Waals surface area contributed by atoms with E-state index in [4.69, 9.17) is 12.2 Å². The summed E-state index contributed by atoms with van der Waals surface area (Å²) in [7, 11) is 0. The Hall–Kier alpha value is -2.21. The van der Waals surface area contributed by atoms with E-state index in [1.54, 1.807) is 4.68 Å². The Morgan fingerprint density at radius 2 is 2.00 bits per heavy atom. The van der Waals surface area contributed by atoms with Gasteiger partial charge in [0.2, 0.25) is 0 Å². The van der Waals surface area contributed by atoms with Crippen molar-refractivity contribution >= 4 is 23.3 Å². The van der Waals surface area contributed by atoms with Gasteiger partial charge in [0, 0.05) is 0 Å². The Bertz CT molecular complexity index is 888. The quantitative estimate of drug-likeness (QED) is 0.668. The summed E-state index contributed by atoms with van der Waals surface area (Å²) in [6.07, 6.45) is 1.54. The molecule has 0 atom stereocenters. The number of aromatic nitrogens is 4. The lowest BCUT2D eigenvalue weighted by Gasteiger charge is -2.06. The van der Waals surface area contributed by atoms with E-state index in [1.807, 2.05) is 25.1 Å². The molecular formula is C13H12N4OS. The van der Waals surface area contributed by atoms with E-state index in [0.29, 0.717) is 15.8 Å². The normalized spacial score (nSPS) is 11.1. The first-order valence-electron chi connectivity index (χ1n) is 5.84. The lowest BCUT2D eigenvalue weighted by molar-refractivity contribution is 0.890. The average Bonchev–Trinajstić information content (AvgIpc) is 2.76. The molecule has 0 amide bonds. The lowest BCUT2D eigenvalue weighted by atomic mass is 10.1. The Labute approximate surface area is 113 Å². The van der Waals surface area contributed by atoms with Gasteiger partial charge >= 0.3 is 0 Å². The molecule has 19 heavy (non-hydrogen) atoms. The standard InChI is InChI=1S/C13H12N4OS/c1-7-3-4-9(5-8(7)2)17-11-10(6-14-17)12(18)16-13(19)15-11/h3-6H,1-2H3,(H2,15,16,18,19). The fourth-order valence-corrected chi connectivity index (χ4v) is 2.19. The minimum atomic E-state index is -0.228. The zero-order chi connectivity index (χ0) is 13.6. The van der Waals surface area contributed by atoms with Crippen molar-refractivity contribution in [2.45, 2.75) is 13.8 Å². The number of fused-ring (bicyclic) bond motifs is 1. The molecule has 96 valence electrons. The van der Waals surface area contributed by atoms with E-state index in [1.165, 1.54) is 17.3 Å². The molecule has 0 radical (unpaired) electrons. The fourth-order valence-electron chi connectivity index (χ4n) is 2.00. The number of benzene rings is 1. The van der Waals surface area contributed by atoms with E-state index in [0.717, 1.165) is 5.69 Å². The average molecular weight is 272 g/mol. The molecule has 5 nitrogen and oxygen atoms in total. The molecule has 3 aromatic rings. The van der Waals surface area contributed by atoms with Gasteiger partial charge in [0.15, 0.2) is 4.77 Å². The number of H-pyrrole nitrogens is 2. The van der Waals surface area contributed by atoms with Crippen LogP contribution < -0.4 is 5.56 Å². The Balaban J connectivity index is 2.34. The molecule has 0 aliphatic carbocycles. The molecule has 0 saturated carbocycles. The van der Waals surface area contributed by atoms with Crippen LogP contribution in [0.2, 0.25) is 0 Å². The van der Waals surface area contributed by atoms with Crippen molar-refractivity contribution in [3.8, 4) is 5.69 Å². The third-order valence-electron chi connectivity index (χ3n) is 3.21. The predicted molar refractivity (Wildman–Crippen MR) is 76.3 cm³/mol. The van der Waals surface area contributed by atoms with Crippen molar-refractivity contribution in [2.75, 3.05) is 0 Å². The molecule has 2 aromatic heterocycles. The molecule has 1 aromatic carbocycles. The smallest absolute Gasteiger partial charge is 0.262 e. The highest BCUT2D eigenvalue weighted by atomic mass is 32.1. The summed E-state index contributed by atoms with van der Waals surface area (Å²) in [5.41, 5.74) is 3.66. The van der Waals surface area contributed by atoms with Gasteiger partial charge < -0.3 is 4.98 Å². The molecular weight excluding hydrogens is 260 g/mol. The van der Waals surface area contributed by atoms with Crippen LogP contribution >= 0.6 is 12.2 Å². The Morgan fingerprint density at radius 3 is 2.74 bits per heavy atom. The Kier molecular flexibility index (Phi) is 2.60. The van der Waals surface area contributed by atoms with Crippen LogP contribution in [0.3, 0.4) is 0 Å². The van der Waals surface area contributed by atoms with Crippen LogP contribution in [0.15, 0.2) is 29.2 Å². The maximum Gasteiger partial charge on any atom is 0.262 e. The van der Waals surface area contributed by atoms with Crippen LogP contribution in [0.4, 0.5) is 0 Å². The van der Waals surface area contributed by atoms with Crippen molar-refractivity contribution in [2.24, 2.45) is 0 Å². The molecule has 2 heterocycles. The monoisotopic (exact) mass is 272 g/mol. The highest BCUT2D eigenvalue weighted by Crippen LogP contribution is 2.16. The van der Waals surface area contributed by atoms with Crippen molar-refractivity contribution < 1.29 is 0 Å². The summed E-state index contributed by atoms with van der Waals surface area (Å²) < 4.78 is 1.98. The zero-order valence-corrected chi connectivity index (χ0v) is 11.3. The maximum atomic E-state index is 11.8. The second kappa shape index (κ2) is 4.17. The molecule has 6 heteroatoms. The first-order valence-corrected chi connectivity index (χ1v) is 6.25. The molecule has 3 rings (SSSR count). The van der Waals surface area contributed by atoms with Crippen molar-refractivity contribution in [1.82, 2.24) is 19.7 Å². The van der Waals surface area contributed by atoms with Gasteiger partial charge in [-0.2, -0.15) is 5.10 Å². The van der Waals surface area contributed by atoms with Crippen molar-refractivity contribution in [3.63, 3.8) is 0 Å². The third kappa shape index (κ3) is 1.90. The van der Waals surface area contributed by atoms with Crippen molar-refractivity contribution in [1.29, 1.82) is 0 Å². The number of hydrogen-bond donors (Lipinski definition) is 2. The van der Waals surface area contributed by atoms with Crippen LogP contribution in [0.5, 0.6) is 0 Å². The van der Waals surface area contributed by atoms with Gasteiger partial charge in [0.05, 0.1) is 11.9 Å². The summed E-state index contributed by atoms with van der Waals surface area (Å²) in [4.78, 5) is 17.3. The second-order valence-corrected chi connectivity index (χ2v) is 4.90. The summed E-state index contributed by atoms with van der Waals surface area (Å²) in [5, 5.41) is 4.75. The van der Waals surface area contributed by atoms with Gasteiger partial charge in [-0.3, -0.25) is 9.78 Å². The van der Waals surface area contributed by atoms with Gasteiger partial charge in [0.1, 0.15) is 11.0 Å². The molecule has 0 saturated heterocycles. The Morgan fingerprint density at radius 1 is 1.21 bits per heavy atom. The van der Waals surface area contributed by atoms with E-state index in [9.17, 15) is 4.79 Å². The van der Waals surface area contributed by atoms with E-state index in [2.05, 4.69) is 22.0 Å². The highest BCUT2D eigenvalue weighted by molar-refractivity contribution is 7.71. The molecule has 0 spiro atoms. The van der Waals surface area contributed by atoms with Gasteiger partial charge in [0.25, 0.3) is 5.56 Å². The minimum Gasteiger partial charge on any atom is -0.316 e. The van der Waals surface area contributed by atoms with E-state index >= 15 is 0 Å². The van der Waals surface area contributed by atoms with E-state index < -0.39 is 0 Å². The van der Waals surface area contributed by atoms with Crippen LogP contribution in [-0.4, -0.2) is 19.7 Å². The summed E-state index contributed by atoms with van der Waals surface area (Å²) in [6, 6.07) is 6.02. The van der Waals surface area contributed by atoms with Crippen LogP contribution in [0, 0.1) is 18.6 Å². The summed E-state index contributed by atoms with van der Waals surface area (Å²) >= 11 is 5.00. The fraction of sp³-hybridized carbons (Fsp3) is 0.154. The number of aryl methyl sites for hydroxylation is 2. The highest BCUT2D eigenvalue weighted by Gasteiger charge is 2.09. The molecule has 0 fully saturated rings. The van der Waals surface area contributed by atoms with Crippen molar-refractivity contribution in [3.05, 3.63) is 50.6 Å². The van der Waals surface area contributed by atoms with Gasteiger partial charge in [-0.15, -0.1) is 0 Å². The SMILES string of the molecule is Cc1ccc(-n2ncc3c(=O)[nH]c(=S)[nH]c32)cc1C. The van der Waals surface area contributed by atoms with Gasteiger partial charge in [-0.1, -0.05) is 6.07 Å². The molecule has 0 bridgehead atoms. The van der Waals surface area contributed by atoms with Crippen LogP contribution in [0.1, 0.15) is 11.1 Å². The second-order valence-electron chi connectivity index (χ2n) is 4.50. The first kappa shape index (κ1) is 11.9. The first-order chi connectivity index (χ1) is 9.06. The van der Waals surface area contributed by atoms with Gasteiger partial charge in [-0.05, 0) is 49.3 Å². The molecule has 2 N–H and O–H groups in total. The molecule has 0 unspecified atom stereocenters. The minimum absolute atomic E-state index is 0.228. The molecule has 0 aliphatic heterocycles. The number of nitrogens with zero attached hydrogens (tertiary/aromatic N) is 2. The number of aromatic amines is 2. The lowest BCUT2D eigenvalue weighted by Crippen LogP contribution is -2.08. The van der Waals surface area contributed by atoms with Crippen LogP contribution in [-0.2, 0) is 0 Å². The largest absolute Gasteiger partial charge is 0.316 e. The van der Waals surface area contributed by atoms with Crippen LogP contribution in [0.25, 0.3) is 16.7 Å². The number of hydrogen-bond acceptors (Lipinski definition) is 3. The third-order valence-corrected chi connectivity index (χ3v) is 3.41. The predicted octanol–water partition coefficient (Wildman–Crippen LogP) is 2.39. The zero-order valence-electron chi connectivity index (χ0n) is 10.5. The maximum absolute atomic E-state index is 11.8. The summed E-state index contributed by atoms with van der Waals surface area (Å²) in [5.74, 6) is 0. The topological polar surface area (TPSA) is 66.5 Å². The van der Waals surface area contributed by atoms with Gasteiger partial charge in [-0.25, -0.2) is 4.68 Å². The molecule has 0 aliphatic rings. The van der Waals surface area contributed by atoms with E-state index in [-0.39, 0.29) is 5.56 Å². The number of rotatable bonds is 1. The number of nitrogens with one attached hydrogen (secondary N) is 2. The summed E-state index contributed by atoms with van der Waals surface area (Å²) in [6.45, 7) is 4.10.